The van der Waals surface area contributed by atoms with E-state index in [4.69, 9.17) is 28.9 Å². The van der Waals surface area contributed by atoms with E-state index in [9.17, 15) is 31.3 Å². The summed E-state index contributed by atoms with van der Waals surface area (Å²) in [5.41, 5.74) is 6.63. The van der Waals surface area contributed by atoms with Crippen molar-refractivity contribution < 1.29 is 60.8 Å². The second kappa shape index (κ2) is 15.3. The van der Waals surface area contributed by atoms with Crippen LogP contribution in [0.1, 0.15) is 6.92 Å². The number of hydrogen-bond acceptors (Lipinski definition) is 10. The number of benzene rings is 5. The Hall–Kier alpha value is -3.93. The van der Waals surface area contributed by atoms with Gasteiger partial charge in [0, 0.05) is 12.2 Å². The van der Waals surface area contributed by atoms with Gasteiger partial charge in [-0.05, 0) is 66.9 Å². The molecule has 0 bridgehead atoms. The summed E-state index contributed by atoms with van der Waals surface area (Å²) < 4.78 is 63.8. The summed E-state index contributed by atoms with van der Waals surface area (Å²) in [6.07, 6.45) is 0. The molecule has 0 aliphatic heterocycles. The van der Waals surface area contributed by atoms with Crippen molar-refractivity contribution in [2.45, 2.75) is 16.7 Å². The number of hydrogen-bond donors (Lipinski definition) is 4. The van der Waals surface area contributed by atoms with Crippen LogP contribution in [0.4, 0.5) is 38.9 Å². The van der Waals surface area contributed by atoms with Gasteiger partial charge in [0.25, 0.3) is 10.0 Å². The molecule has 0 aliphatic rings. The fourth-order valence-electron chi connectivity index (χ4n) is 4.75. The molecule has 5 aromatic rings. The van der Waals surface area contributed by atoms with Crippen molar-refractivity contribution in [1.82, 2.24) is 0 Å². The first-order valence-electron chi connectivity index (χ1n) is 13.9. The molecule has 0 saturated heterocycles. The molecule has 5 N–H and O–H groups in total. The number of phenolic OH excluding ortho intramolecular Hbond substituents is 1. The summed E-state index contributed by atoms with van der Waals surface area (Å²) in [6.45, 7) is 1.50. The summed E-state index contributed by atoms with van der Waals surface area (Å²) in [5, 5.41) is 24.2. The molecule has 0 aliphatic carbocycles. The molecular weight excluding hydrogens is 726 g/mol. The number of fused-ring (bicyclic) bond motifs is 1. The van der Waals surface area contributed by atoms with Crippen LogP contribution in [0.5, 0.6) is 5.75 Å². The van der Waals surface area contributed by atoms with Crippen LogP contribution in [0.3, 0.4) is 0 Å². The largest absolute Gasteiger partial charge is 1.00 e. The number of rotatable bonds is 9. The Bertz CT molecular complexity index is 2310. The third-order valence-corrected chi connectivity index (χ3v) is 10.3. The number of para-hydroxylation sites is 1. The minimum absolute atomic E-state index is 0. The Balaban J connectivity index is 0.00000541. The van der Waals surface area contributed by atoms with Gasteiger partial charge in [-0.1, -0.05) is 59.6 Å². The Morgan fingerprint density at radius 1 is 0.898 bits per heavy atom. The van der Waals surface area contributed by atoms with Gasteiger partial charge < -0.3 is 26.0 Å². The molecule has 2 amide bonds. The molecule has 0 unspecified atom stereocenters. The van der Waals surface area contributed by atoms with Crippen molar-refractivity contribution >= 4 is 94.3 Å². The van der Waals surface area contributed by atoms with Crippen molar-refractivity contribution in [3.8, 4) is 5.75 Å². The van der Waals surface area contributed by atoms with Gasteiger partial charge in [0.05, 0.1) is 37.4 Å². The predicted molar refractivity (Wildman–Crippen MR) is 184 cm³/mol. The molecule has 0 fully saturated rings. The summed E-state index contributed by atoms with van der Waals surface area (Å²) in [4.78, 5) is 11.6. The molecule has 5 rings (SSSR count). The van der Waals surface area contributed by atoms with Crippen LogP contribution in [0.2, 0.25) is 10.0 Å². The van der Waals surface area contributed by atoms with E-state index in [1.165, 1.54) is 48.5 Å². The van der Waals surface area contributed by atoms with E-state index in [2.05, 4.69) is 20.9 Å². The Morgan fingerprint density at radius 2 is 1.57 bits per heavy atom. The fraction of sp³-hybridized carbons (Fsp3) is 0.0645. The van der Waals surface area contributed by atoms with Crippen molar-refractivity contribution in [1.29, 1.82) is 0 Å². The van der Waals surface area contributed by atoms with Gasteiger partial charge in [0.15, 0.2) is 0 Å². The summed E-state index contributed by atoms with van der Waals surface area (Å²) in [7, 11) is -9.26. The number of urea groups is 1. The van der Waals surface area contributed by atoms with E-state index >= 15 is 0 Å². The standard InChI is InChI=1S/C31H26Cl2N6O7S2.Na/c1-2-39(26-17-21(32)25(16-22(26)33)36-31(41)35-19-8-4-3-5-9-19)47(42,43)28-11-7-6-10-24(28)37-38-30-23(34)13-12-18-14-20(48(44,45)46)15-27(40)29(18)30;/h3-17,40H,2,34H2,1H3,(H2,35,36,41)(H,44,45,46);/q;+1/p-1. The minimum Gasteiger partial charge on any atom is -0.744 e. The Kier molecular flexibility index (Phi) is 11.8. The molecule has 0 atom stereocenters. The topological polar surface area (TPSA) is 207 Å². The molecule has 0 saturated carbocycles. The summed E-state index contributed by atoms with van der Waals surface area (Å²) in [6, 6.07) is 21.0. The normalized spacial score (nSPS) is 11.7. The number of phenols is 1. The van der Waals surface area contributed by atoms with E-state index in [1.54, 1.807) is 37.3 Å². The van der Waals surface area contributed by atoms with Crippen LogP contribution >= 0.6 is 23.2 Å². The number of nitrogens with zero attached hydrogens (tertiary/aromatic N) is 3. The number of sulfonamides is 1. The maximum atomic E-state index is 14.1. The third-order valence-electron chi connectivity index (χ3n) is 6.93. The second-order valence-corrected chi connectivity index (χ2v) is 14.1. The van der Waals surface area contributed by atoms with E-state index in [0.717, 1.165) is 16.4 Å². The van der Waals surface area contributed by atoms with Crippen LogP contribution in [0.15, 0.2) is 111 Å². The van der Waals surface area contributed by atoms with E-state index < -0.39 is 36.8 Å². The molecule has 0 aromatic heterocycles. The summed E-state index contributed by atoms with van der Waals surface area (Å²) in [5.74, 6) is -0.594. The number of aromatic hydroxyl groups is 1. The van der Waals surface area contributed by atoms with Crippen molar-refractivity contribution in [2.75, 3.05) is 27.2 Å². The Labute approximate surface area is 313 Å². The molecule has 18 heteroatoms. The SMILES string of the molecule is CCN(c1cc(Cl)c(NC(=O)Nc2ccccc2)cc1Cl)S(=O)(=O)c1ccccc1N=Nc1c(N)ccc2cc(S(=O)(=O)[O-])cc(O)c12.[Na+]. The predicted octanol–water partition coefficient (Wildman–Crippen LogP) is 4.62. The van der Waals surface area contributed by atoms with Gasteiger partial charge in [-0.2, -0.15) is 0 Å². The van der Waals surface area contributed by atoms with Crippen LogP contribution in [-0.4, -0.2) is 39.1 Å². The molecule has 0 spiro atoms. The van der Waals surface area contributed by atoms with Gasteiger partial charge in [0.1, 0.15) is 32.1 Å². The van der Waals surface area contributed by atoms with Crippen LogP contribution in [0, 0.1) is 0 Å². The Morgan fingerprint density at radius 3 is 2.24 bits per heavy atom. The first-order chi connectivity index (χ1) is 22.7. The number of carbonyl (C=O) groups excluding carboxylic acids is 1. The maximum Gasteiger partial charge on any atom is 1.00 e. The van der Waals surface area contributed by atoms with Crippen LogP contribution in [0.25, 0.3) is 10.8 Å². The first kappa shape index (κ1) is 37.9. The van der Waals surface area contributed by atoms with E-state index in [0.29, 0.717) is 5.69 Å². The smallest absolute Gasteiger partial charge is 0.744 e. The quantitative estimate of drug-likeness (QED) is 0.0722. The number of nitrogens with one attached hydrogen (secondary N) is 2. The van der Waals surface area contributed by atoms with Gasteiger partial charge in [-0.25, -0.2) is 21.6 Å². The number of halogens is 2. The monoisotopic (exact) mass is 750 g/mol. The minimum atomic E-state index is -4.88. The zero-order chi connectivity index (χ0) is 34.8. The van der Waals surface area contributed by atoms with Crippen molar-refractivity contribution in [2.24, 2.45) is 10.2 Å². The number of amides is 2. The zero-order valence-electron chi connectivity index (χ0n) is 25.8. The van der Waals surface area contributed by atoms with Crippen molar-refractivity contribution in [3.05, 3.63) is 101 Å². The van der Waals surface area contributed by atoms with E-state index in [1.807, 2.05) is 0 Å². The second-order valence-electron chi connectivity index (χ2n) is 10.1. The molecule has 5 aromatic carbocycles. The number of nitrogens with two attached hydrogens (primary N) is 1. The molecule has 49 heavy (non-hydrogen) atoms. The van der Waals surface area contributed by atoms with Gasteiger partial charge in [0.2, 0.25) is 0 Å². The molecular formula is C31H25Cl2N6NaO7S2. The number of nitrogen functional groups attached to an aromatic ring is 1. The van der Waals surface area contributed by atoms with Crippen LogP contribution in [-0.2, 0) is 20.1 Å². The zero-order valence-corrected chi connectivity index (χ0v) is 30.9. The van der Waals surface area contributed by atoms with Gasteiger partial charge in [-0.3, -0.25) is 4.31 Å². The fourth-order valence-corrected chi connectivity index (χ4v) is 7.41. The van der Waals surface area contributed by atoms with Gasteiger partial charge >= 0.3 is 35.6 Å². The average molecular weight is 752 g/mol. The van der Waals surface area contributed by atoms with Gasteiger partial charge in [-0.15, -0.1) is 10.2 Å². The molecule has 13 nitrogen and oxygen atoms in total. The molecule has 0 heterocycles. The van der Waals surface area contributed by atoms with Crippen LogP contribution < -0.4 is 50.2 Å². The number of azo groups is 1. The first-order valence-corrected chi connectivity index (χ1v) is 17.5. The number of anilines is 4. The maximum absolute atomic E-state index is 14.1. The van der Waals surface area contributed by atoms with E-state index in [-0.39, 0.29) is 90.3 Å². The third kappa shape index (κ3) is 8.28. The van der Waals surface area contributed by atoms with Crippen molar-refractivity contribution in [3.63, 3.8) is 0 Å². The molecule has 0 radical (unpaired) electrons. The number of carbonyl (C=O) groups is 1. The summed E-state index contributed by atoms with van der Waals surface area (Å²) >= 11 is 13.0. The molecule has 248 valence electrons. The average Bonchev–Trinajstić information content (AvgIpc) is 3.03.